The molecule has 1 N–H and O–H groups in total. The zero-order valence-corrected chi connectivity index (χ0v) is 12.2. The summed E-state index contributed by atoms with van der Waals surface area (Å²) in [5.41, 5.74) is 1.88. The normalized spacial score (nSPS) is 11.8. The molecule has 0 aliphatic carbocycles. The van der Waals surface area contributed by atoms with Crippen LogP contribution in [0.1, 0.15) is 17.5 Å². The van der Waals surface area contributed by atoms with Crippen molar-refractivity contribution in [3.05, 3.63) is 58.3 Å². The van der Waals surface area contributed by atoms with E-state index in [-0.39, 0.29) is 13.0 Å². The van der Waals surface area contributed by atoms with E-state index in [9.17, 15) is 14.7 Å². The maximum absolute atomic E-state index is 11.9. The smallest absolute Gasteiger partial charge is 0.320 e. The third-order valence-corrected chi connectivity index (χ3v) is 3.84. The van der Waals surface area contributed by atoms with Crippen molar-refractivity contribution in [1.29, 1.82) is 0 Å². The largest absolute Gasteiger partial charge is 0.481 e. The molecule has 0 saturated carbocycles. The number of rotatable bonds is 7. The second-order valence-electron chi connectivity index (χ2n) is 4.65. The van der Waals surface area contributed by atoms with Gasteiger partial charge in [-0.1, -0.05) is 30.3 Å². The van der Waals surface area contributed by atoms with E-state index in [1.54, 1.807) is 11.3 Å². The Balaban J connectivity index is 1.88. The number of carboxylic acids is 1. The van der Waals surface area contributed by atoms with Crippen LogP contribution >= 0.6 is 11.3 Å². The number of benzene rings is 1. The summed E-state index contributed by atoms with van der Waals surface area (Å²) < 4.78 is 5.10. The molecule has 0 bridgehead atoms. The highest BCUT2D eigenvalue weighted by atomic mass is 32.1. The van der Waals surface area contributed by atoms with Crippen LogP contribution < -0.4 is 0 Å². The summed E-state index contributed by atoms with van der Waals surface area (Å²) in [6, 6.07) is 11.1. The van der Waals surface area contributed by atoms with Gasteiger partial charge < -0.3 is 9.84 Å². The van der Waals surface area contributed by atoms with Crippen molar-refractivity contribution in [3.63, 3.8) is 0 Å². The number of hydrogen-bond acceptors (Lipinski definition) is 4. The molecule has 0 amide bonds. The molecule has 1 aromatic carbocycles. The van der Waals surface area contributed by atoms with Crippen molar-refractivity contribution in [2.24, 2.45) is 5.92 Å². The molecule has 0 radical (unpaired) electrons. The van der Waals surface area contributed by atoms with Crippen LogP contribution in [0, 0.1) is 5.92 Å². The summed E-state index contributed by atoms with van der Waals surface area (Å²) in [5.74, 6) is -2.93. The molecule has 2 rings (SSSR count). The Kier molecular flexibility index (Phi) is 5.51. The van der Waals surface area contributed by atoms with Gasteiger partial charge in [0.1, 0.15) is 6.61 Å². The zero-order chi connectivity index (χ0) is 15.1. The van der Waals surface area contributed by atoms with Gasteiger partial charge in [-0.15, -0.1) is 0 Å². The molecule has 0 aliphatic heterocycles. The van der Waals surface area contributed by atoms with Gasteiger partial charge in [-0.25, -0.2) is 0 Å². The highest BCUT2D eigenvalue weighted by Gasteiger charge is 2.27. The lowest BCUT2D eigenvalue weighted by molar-refractivity contribution is -0.159. The maximum Gasteiger partial charge on any atom is 0.320 e. The van der Waals surface area contributed by atoms with Crippen molar-refractivity contribution in [3.8, 4) is 0 Å². The molecule has 1 heterocycles. The number of hydrogen-bond donors (Lipinski definition) is 1. The summed E-state index contributed by atoms with van der Waals surface area (Å²) in [5, 5.41) is 13.1. The zero-order valence-electron chi connectivity index (χ0n) is 11.4. The van der Waals surface area contributed by atoms with Gasteiger partial charge in [0.15, 0.2) is 5.92 Å². The molecular formula is C16H16O4S. The number of aliphatic carboxylic acids is 1. The van der Waals surface area contributed by atoms with Crippen molar-refractivity contribution in [1.82, 2.24) is 0 Å². The number of aryl methyl sites for hydroxylation is 1. The summed E-state index contributed by atoms with van der Waals surface area (Å²) in [6.07, 6.45) is 0.806. The number of ether oxygens (including phenoxy) is 1. The fraction of sp³-hybridized carbons (Fsp3) is 0.250. The van der Waals surface area contributed by atoms with E-state index in [1.807, 2.05) is 47.2 Å². The fourth-order valence-corrected chi connectivity index (χ4v) is 2.62. The quantitative estimate of drug-likeness (QED) is 0.630. The van der Waals surface area contributed by atoms with E-state index in [0.29, 0.717) is 6.42 Å². The second kappa shape index (κ2) is 7.59. The lowest BCUT2D eigenvalue weighted by Gasteiger charge is -2.11. The molecule has 0 spiro atoms. The first-order chi connectivity index (χ1) is 10.2. The van der Waals surface area contributed by atoms with E-state index >= 15 is 0 Å². The van der Waals surface area contributed by atoms with E-state index in [4.69, 9.17) is 4.74 Å². The Morgan fingerprint density at radius 3 is 2.52 bits per heavy atom. The van der Waals surface area contributed by atoms with Crippen molar-refractivity contribution in [2.45, 2.75) is 19.4 Å². The number of esters is 1. The van der Waals surface area contributed by atoms with Crippen LogP contribution in [0.2, 0.25) is 0 Å². The Morgan fingerprint density at radius 2 is 1.90 bits per heavy atom. The highest BCUT2D eigenvalue weighted by Crippen LogP contribution is 2.15. The molecule has 2 aromatic rings. The minimum atomic E-state index is -1.14. The first kappa shape index (κ1) is 15.3. The first-order valence-electron chi connectivity index (χ1n) is 6.61. The minimum Gasteiger partial charge on any atom is -0.481 e. The number of carboxylic acid groups (broad SMARTS) is 1. The third kappa shape index (κ3) is 4.72. The Hall–Kier alpha value is -2.14. The fourth-order valence-electron chi connectivity index (χ4n) is 1.92. The van der Waals surface area contributed by atoms with Crippen LogP contribution in [0.4, 0.5) is 0 Å². The van der Waals surface area contributed by atoms with E-state index in [1.165, 1.54) is 0 Å². The Labute approximate surface area is 127 Å². The van der Waals surface area contributed by atoms with Gasteiger partial charge in [0.2, 0.25) is 0 Å². The third-order valence-electron chi connectivity index (χ3n) is 3.11. The molecule has 1 unspecified atom stereocenters. The van der Waals surface area contributed by atoms with E-state index in [2.05, 4.69) is 0 Å². The average molecular weight is 304 g/mol. The van der Waals surface area contributed by atoms with Crippen LogP contribution in [-0.2, 0) is 27.4 Å². The van der Waals surface area contributed by atoms with Gasteiger partial charge in [0, 0.05) is 0 Å². The topological polar surface area (TPSA) is 63.6 Å². The summed E-state index contributed by atoms with van der Waals surface area (Å²) in [6.45, 7) is 0.0991. The average Bonchev–Trinajstić information content (AvgIpc) is 2.99. The van der Waals surface area contributed by atoms with Gasteiger partial charge in [-0.3, -0.25) is 9.59 Å². The van der Waals surface area contributed by atoms with E-state index in [0.717, 1.165) is 11.1 Å². The number of carbonyl (C=O) groups excluding carboxylic acids is 1. The minimum absolute atomic E-state index is 0.0991. The molecule has 0 aliphatic rings. The van der Waals surface area contributed by atoms with Gasteiger partial charge >= 0.3 is 11.9 Å². The summed E-state index contributed by atoms with van der Waals surface area (Å²) in [7, 11) is 0. The van der Waals surface area contributed by atoms with Crippen molar-refractivity contribution >= 4 is 23.3 Å². The monoisotopic (exact) mass is 304 g/mol. The highest BCUT2D eigenvalue weighted by molar-refractivity contribution is 7.07. The lowest BCUT2D eigenvalue weighted by atomic mass is 10.0. The molecular weight excluding hydrogens is 288 g/mol. The van der Waals surface area contributed by atoms with Crippen LogP contribution in [0.5, 0.6) is 0 Å². The summed E-state index contributed by atoms with van der Waals surface area (Å²) >= 11 is 1.55. The maximum atomic E-state index is 11.9. The number of thiophene rings is 1. The molecule has 21 heavy (non-hydrogen) atoms. The summed E-state index contributed by atoms with van der Waals surface area (Å²) in [4.78, 5) is 23.1. The molecule has 5 heteroatoms. The predicted octanol–water partition coefficient (Wildman–Crippen LogP) is 3.12. The van der Waals surface area contributed by atoms with Crippen LogP contribution in [-0.4, -0.2) is 17.0 Å². The van der Waals surface area contributed by atoms with Crippen molar-refractivity contribution in [2.75, 3.05) is 0 Å². The second-order valence-corrected chi connectivity index (χ2v) is 5.43. The molecule has 1 aromatic heterocycles. The van der Waals surface area contributed by atoms with Crippen LogP contribution in [0.25, 0.3) is 0 Å². The number of carbonyl (C=O) groups is 2. The molecule has 110 valence electrons. The SMILES string of the molecule is O=C(O)C(CCc1ccsc1)C(=O)OCc1ccccc1. The van der Waals surface area contributed by atoms with Crippen LogP contribution in [0.15, 0.2) is 47.2 Å². The van der Waals surface area contributed by atoms with Crippen molar-refractivity contribution < 1.29 is 19.4 Å². The Morgan fingerprint density at radius 1 is 1.14 bits per heavy atom. The standard InChI is InChI=1S/C16H16O4S/c17-15(18)14(7-6-13-8-9-21-11-13)16(19)20-10-12-4-2-1-3-5-12/h1-5,8-9,11,14H,6-7,10H2,(H,17,18). The van der Waals surface area contributed by atoms with Gasteiger partial charge in [0.25, 0.3) is 0 Å². The first-order valence-corrected chi connectivity index (χ1v) is 7.55. The lowest BCUT2D eigenvalue weighted by Crippen LogP contribution is -2.26. The van der Waals surface area contributed by atoms with Gasteiger partial charge in [-0.2, -0.15) is 11.3 Å². The molecule has 0 saturated heterocycles. The molecule has 0 fully saturated rings. The Bertz CT molecular complexity index is 578. The predicted molar refractivity (Wildman–Crippen MR) is 80.0 cm³/mol. The van der Waals surface area contributed by atoms with E-state index < -0.39 is 17.9 Å². The van der Waals surface area contributed by atoms with Crippen LogP contribution in [0.3, 0.4) is 0 Å². The molecule has 4 nitrogen and oxygen atoms in total. The molecule has 1 atom stereocenters. The van der Waals surface area contributed by atoms with Gasteiger partial charge in [-0.05, 0) is 40.8 Å². The van der Waals surface area contributed by atoms with Gasteiger partial charge in [0.05, 0.1) is 0 Å².